The summed E-state index contributed by atoms with van der Waals surface area (Å²) in [6.45, 7) is 8.08. The lowest BCUT2D eigenvalue weighted by atomic mass is 9.91. The first-order chi connectivity index (χ1) is 21.2. The monoisotopic (exact) mass is 594 g/mol. The Kier molecular flexibility index (Phi) is 6.23. The molecule has 4 heterocycles. The zero-order valence-corrected chi connectivity index (χ0v) is 25.0. The molecule has 0 aliphatic carbocycles. The number of aliphatic hydroxyl groups excluding tert-OH is 2. The summed E-state index contributed by atoms with van der Waals surface area (Å²) in [7, 11) is 0. The SMILES string of the molecule is Cc1ccc2c(c1)C1(OC[C@H]([C@@H](O)[C@H](O)[C@H]3COC4(O3)c3cc(C)ccc3Oc3ccc(C)cc34)O1)c1cc(C)ccc1O2. The van der Waals surface area contributed by atoms with E-state index in [0.29, 0.717) is 23.0 Å². The molecule has 0 radical (unpaired) electrons. The number of benzene rings is 4. The molecule has 4 atom stereocenters. The Labute approximate surface area is 255 Å². The number of rotatable bonds is 3. The van der Waals surface area contributed by atoms with Gasteiger partial charge in [0.2, 0.25) is 11.6 Å². The van der Waals surface area contributed by atoms with Gasteiger partial charge in [0.15, 0.2) is 0 Å². The van der Waals surface area contributed by atoms with Crippen molar-refractivity contribution in [3.63, 3.8) is 0 Å². The average molecular weight is 595 g/mol. The maximum absolute atomic E-state index is 11.6. The smallest absolute Gasteiger partial charge is 0.230 e. The predicted octanol–water partition coefficient (Wildman–Crippen LogP) is 5.79. The van der Waals surface area contributed by atoms with Gasteiger partial charge in [-0.05, 0) is 76.2 Å². The van der Waals surface area contributed by atoms with Gasteiger partial charge in [-0.2, -0.15) is 0 Å². The lowest BCUT2D eigenvalue weighted by Crippen LogP contribution is -2.47. The third-order valence-corrected chi connectivity index (χ3v) is 9.05. The number of ether oxygens (including phenoxy) is 6. The second-order valence-corrected chi connectivity index (χ2v) is 12.4. The van der Waals surface area contributed by atoms with Crippen LogP contribution in [0, 0.1) is 27.7 Å². The first-order valence-corrected chi connectivity index (χ1v) is 15.0. The van der Waals surface area contributed by atoms with Crippen molar-refractivity contribution in [1.29, 1.82) is 0 Å². The minimum Gasteiger partial charge on any atom is -0.456 e. The lowest BCUT2D eigenvalue weighted by Gasteiger charge is -2.37. The number of aryl methyl sites for hydroxylation is 4. The Hall–Kier alpha value is -3.76. The minimum absolute atomic E-state index is 0.0512. The molecule has 4 aliphatic heterocycles. The molecule has 0 saturated carbocycles. The fraction of sp³-hybridized carbons (Fsp3) is 0.333. The van der Waals surface area contributed by atoms with Crippen LogP contribution >= 0.6 is 0 Å². The first-order valence-electron chi connectivity index (χ1n) is 15.0. The predicted molar refractivity (Wildman–Crippen MR) is 160 cm³/mol. The van der Waals surface area contributed by atoms with E-state index in [1.807, 2.05) is 100 Å². The van der Waals surface area contributed by atoms with Crippen molar-refractivity contribution < 1.29 is 38.6 Å². The molecule has 0 aromatic heterocycles. The van der Waals surface area contributed by atoms with Crippen molar-refractivity contribution in [2.75, 3.05) is 13.2 Å². The minimum atomic E-state index is -1.34. The van der Waals surface area contributed by atoms with Crippen LogP contribution in [0.3, 0.4) is 0 Å². The van der Waals surface area contributed by atoms with Crippen LogP contribution < -0.4 is 9.47 Å². The van der Waals surface area contributed by atoms with Gasteiger partial charge in [-0.1, -0.05) is 46.5 Å². The van der Waals surface area contributed by atoms with E-state index in [2.05, 4.69) is 0 Å². The maximum Gasteiger partial charge on any atom is 0.230 e. The Morgan fingerprint density at radius 1 is 0.523 bits per heavy atom. The molecule has 8 nitrogen and oxygen atoms in total. The van der Waals surface area contributed by atoms with Gasteiger partial charge >= 0.3 is 0 Å². The summed E-state index contributed by atoms with van der Waals surface area (Å²) in [4.78, 5) is 0. The first kappa shape index (κ1) is 27.8. The summed E-state index contributed by atoms with van der Waals surface area (Å²) in [6.07, 6.45) is -4.39. The Morgan fingerprint density at radius 2 is 0.818 bits per heavy atom. The lowest BCUT2D eigenvalue weighted by molar-refractivity contribution is -0.190. The van der Waals surface area contributed by atoms with Gasteiger partial charge in [0.25, 0.3) is 0 Å². The van der Waals surface area contributed by atoms with Gasteiger partial charge < -0.3 is 38.6 Å². The molecule has 2 fully saturated rings. The third-order valence-electron chi connectivity index (χ3n) is 9.05. The van der Waals surface area contributed by atoms with Crippen LogP contribution in [-0.2, 0) is 30.5 Å². The summed E-state index contributed by atoms with van der Waals surface area (Å²) < 4.78 is 38.6. The van der Waals surface area contributed by atoms with Crippen LogP contribution in [0.15, 0.2) is 72.8 Å². The molecule has 44 heavy (non-hydrogen) atoms. The number of hydrogen-bond acceptors (Lipinski definition) is 8. The second-order valence-electron chi connectivity index (χ2n) is 12.4. The summed E-state index contributed by atoms with van der Waals surface area (Å²) in [5.74, 6) is -0.0965. The van der Waals surface area contributed by atoms with Crippen molar-refractivity contribution in [2.45, 2.75) is 63.7 Å². The summed E-state index contributed by atoms with van der Waals surface area (Å²) in [5.41, 5.74) is 6.96. The molecule has 4 aromatic rings. The molecule has 2 N–H and O–H groups in total. The molecule has 8 rings (SSSR count). The molecule has 2 spiro atoms. The van der Waals surface area contributed by atoms with Crippen LogP contribution in [0.25, 0.3) is 0 Å². The van der Waals surface area contributed by atoms with Crippen molar-refractivity contribution in [1.82, 2.24) is 0 Å². The third kappa shape index (κ3) is 4.06. The van der Waals surface area contributed by atoms with Gasteiger partial charge in [-0.15, -0.1) is 0 Å². The fourth-order valence-electron chi connectivity index (χ4n) is 6.79. The highest BCUT2D eigenvalue weighted by Gasteiger charge is 2.56. The van der Waals surface area contributed by atoms with Gasteiger partial charge in [0.1, 0.15) is 47.4 Å². The highest BCUT2D eigenvalue weighted by atomic mass is 16.8. The van der Waals surface area contributed by atoms with E-state index < -0.39 is 36.0 Å². The van der Waals surface area contributed by atoms with Crippen molar-refractivity contribution in [3.8, 4) is 23.0 Å². The molecule has 0 bridgehead atoms. The zero-order valence-electron chi connectivity index (χ0n) is 25.0. The normalized spacial score (nSPS) is 23.2. The van der Waals surface area contributed by atoms with E-state index in [4.69, 9.17) is 28.4 Å². The zero-order chi connectivity index (χ0) is 30.4. The average Bonchev–Trinajstić information content (AvgIpc) is 3.66. The highest BCUT2D eigenvalue weighted by Crippen LogP contribution is 2.55. The van der Waals surface area contributed by atoms with E-state index in [1.165, 1.54) is 0 Å². The summed E-state index contributed by atoms with van der Waals surface area (Å²) in [6, 6.07) is 23.4. The summed E-state index contributed by atoms with van der Waals surface area (Å²) >= 11 is 0. The summed E-state index contributed by atoms with van der Waals surface area (Å²) in [5, 5.41) is 23.2. The molecule has 0 unspecified atom stereocenters. The van der Waals surface area contributed by atoms with Crippen LogP contribution in [-0.4, -0.2) is 47.8 Å². The van der Waals surface area contributed by atoms with Crippen molar-refractivity contribution >= 4 is 0 Å². The van der Waals surface area contributed by atoms with Gasteiger partial charge in [0, 0.05) is 0 Å². The van der Waals surface area contributed by atoms with Gasteiger partial charge in [-0.3, -0.25) is 0 Å². The molecule has 4 aliphatic rings. The quantitative estimate of drug-likeness (QED) is 0.308. The number of hydrogen-bond donors (Lipinski definition) is 2. The van der Waals surface area contributed by atoms with E-state index in [-0.39, 0.29) is 13.2 Å². The Bertz CT molecular complexity index is 1560. The standard InChI is InChI=1S/C36H34O8/c1-19-5-9-27-23(13-19)35(24-14-20(2)6-10-28(24)41-27)39-17-31(43-35)33(37)34(38)32-18-40-36(44-32)25-15-21(3)7-11-29(25)42-30-12-8-22(4)16-26(30)36/h5-16,31-34,37-38H,17-18H2,1-4H3/t31-,32-,33-,34-/m1/s1. The molecule has 4 aromatic carbocycles. The number of aliphatic hydroxyl groups is 2. The van der Waals surface area contributed by atoms with Crippen LogP contribution in [0.1, 0.15) is 44.5 Å². The largest absolute Gasteiger partial charge is 0.456 e. The van der Waals surface area contributed by atoms with E-state index in [1.54, 1.807) is 0 Å². The topological polar surface area (TPSA) is 95.8 Å². The van der Waals surface area contributed by atoms with Crippen LogP contribution in [0.2, 0.25) is 0 Å². The Balaban J connectivity index is 1.11. The van der Waals surface area contributed by atoms with Crippen LogP contribution in [0.5, 0.6) is 23.0 Å². The van der Waals surface area contributed by atoms with E-state index in [9.17, 15) is 10.2 Å². The maximum atomic E-state index is 11.6. The van der Waals surface area contributed by atoms with Crippen molar-refractivity contribution in [3.05, 3.63) is 117 Å². The molecule has 2 saturated heterocycles. The second kappa shape index (κ2) is 9.87. The van der Waals surface area contributed by atoms with Gasteiger partial charge in [0.05, 0.1) is 35.5 Å². The van der Waals surface area contributed by atoms with E-state index in [0.717, 1.165) is 44.5 Å². The van der Waals surface area contributed by atoms with E-state index >= 15 is 0 Å². The Morgan fingerprint density at radius 3 is 1.11 bits per heavy atom. The molecular formula is C36H34O8. The highest BCUT2D eigenvalue weighted by molar-refractivity contribution is 5.58. The molecule has 8 heteroatoms. The van der Waals surface area contributed by atoms with Gasteiger partial charge in [-0.25, -0.2) is 0 Å². The molecular weight excluding hydrogens is 560 g/mol. The fourth-order valence-corrected chi connectivity index (χ4v) is 6.79. The van der Waals surface area contributed by atoms with Crippen molar-refractivity contribution in [2.24, 2.45) is 0 Å². The molecule has 226 valence electrons. The van der Waals surface area contributed by atoms with Crippen LogP contribution in [0.4, 0.5) is 0 Å². The molecule has 0 amide bonds. The number of fused-ring (bicyclic) bond motifs is 8.